The summed E-state index contributed by atoms with van der Waals surface area (Å²) in [6.07, 6.45) is 1.61. The zero-order chi connectivity index (χ0) is 17.0. The van der Waals surface area contributed by atoms with Crippen molar-refractivity contribution in [2.24, 2.45) is 0 Å². The van der Waals surface area contributed by atoms with E-state index in [1.54, 1.807) is 4.31 Å². The molecule has 0 N–H and O–H groups in total. The van der Waals surface area contributed by atoms with Gasteiger partial charge < -0.3 is 4.74 Å². The maximum Gasteiger partial charge on any atom is 0.218 e. The van der Waals surface area contributed by atoms with E-state index in [1.165, 1.54) is 0 Å². The van der Waals surface area contributed by atoms with Gasteiger partial charge in [-0.25, -0.2) is 8.42 Å². The van der Waals surface area contributed by atoms with Crippen molar-refractivity contribution in [3.8, 4) is 5.75 Å². The molecule has 0 aliphatic carbocycles. The first-order chi connectivity index (χ1) is 11.5. The zero-order valence-electron chi connectivity index (χ0n) is 13.9. The van der Waals surface area contributed by atoms with Gasteiger partial charge in [-0.15, -0.1) is 0 Å². The molecular formula is C19H23NO3S. The van der Waals surface area contributed by atoms with Gasteiger partial charge in [0.25, 0.3) is 0 Å². The van der Waals surface area contributed by atoms with Crippen LogP contribution in [0.1, 0.15) is 24.0 Å². The number of rotatable bonds is 5. The number of piperidine rings is 1. The number of benzene rings is 2. The van der Waals surface area contributed by atoms with Crippen molar-refractivity contribution in [1.82, 2.24) is 4.31 Å². The first-order valence-electron chi connectivity index (χ1n) is 8.28. The molecule has 3 rings (SSSR count). The first kappa shape index (κ1) is 17.0. The van der Waals surface area contributed by atoms with Gasteiger partial charge in [0.15, 0.2) is 0 Å². The van der Waals surface area contributed by atoms with E-state index < -0.39 is 10.0 Å². The number of hydrogen-bond donors (Lipinski definition) is 0. The monoisotopic (exact) mass is 345 g/mol. The first-order valence-corrected chi connectivity index (χ1v) is 9.89. The highest BCUT2D eigenvalue weighted by molar-refractivity contribution is 7.88. The van der Waals surface area contributed by atoms with E-state index in [2.05, 4.69) is 0 Å². The smallest absolute Gasteiger partial charge is 0.218 e. The molecule has 4 nitrogen and oxygen atoms in total. The second-order valence-corrected chi connectivity index (χ2v) is 8.20. The van der Waals surface area contributed by atoms with Crippen LogP contribution in [0.3, 0.4) is 0 Å². The fourth-order valence-electron chi connectivity index (χ4n) is 3.01. The largest absolute Gasteiger partial charge is 0.489 e. The number of hydrogen-bond acceptors (Lipinski definition) is 3. The summed E-state index contributed by atoms with van der Waals surface area (Å²) in [5, 5.41) is 0. The van der Waals surface area contributed by atoms with Crippen LogP contribution >= 0.6 is 0 Å². The predicted octanol–water partition coefficient (Wildman–Crippen LogP) is 3.37. The summed E-state index contributed by atoms with van der Waals surface area (Å²) in [5.74, 6) is 0.846. The van der Waals surface area contributed by atoms with Gasteiger partial charge in [-0.2, -0.15) is 4.31 Å². The Kier molecular flexibility index (Phi) is 5.21. The summed E-state index contributed by atoms with van der Waals surface area (Å²) < 4.78 is 33.1. The van der Waals surface area contributed by atoms with Crippen molar-refractivity contribution >= 4 is 10.0 Å². The molecular weight excluding hydrogens is 322 g/mol. The molecule has 24 heavy (non-hydrogen) atoms. The van der Waals surface area contributed by atoms with Gasteiger partial charge in [0.1, 0.15) is 11.9 Å². The fraction of sp³-hybridized carbons (Fsp3) is 0.368. The number of para-hydroxylation sites is 1. The van der Waals surface area contributed by atoms with Crippen molar-refractivity contribution < 1.29 is 13.2 Å². The third-order valence-electron chi connectivity index (χ3n) is 4.38. The van der Waals surface area contributed by atoms with Gasteiger partial charge >= 0.3 is 0 Å². The van der Waals surface area contributed by atoms with Gasteiger partial charge in [0.05, 0.1) is 12.3 Å². The van der Waals surface area contributed by atoms with Crippen molar-refractivity contribution in [2.75, 3.05) is 13.1 Å². The highest BCUT2D eigenvalue weighted by Crippen LogP contribution is 2.22. The minimum Gasteiger partial charge on any atom is -0.489 e. The molecule has 1 fully saturated rings. The van der Waals surface area contributed by atoms with Crippen LogP contribution in [0.4, 0.5) is 0 Å². The topological polar surface area (TPSA) is 46.6 Å². The average molecular weight is 345 g/mol. The van der Waals surface area contributed by atoms with E-state index >= 15 is 0 Å². The third kappa shape index (κ3) is 4.16. The molecule has 1 saturated heterocycles. The van der Waals surface area contributed by atoms with E-state index in [-0.39, 0.29) is 11.9 Å². The Morgan fingerprint density at radius 2 is 1.79 bits per heavy atom. The Hall–Kier alpha value is -1.85. The van der Waals surface area contributed by atoms with Crippen LogP contribution < -0.4 is 4.74 Å². The molecule has 1 atom stereocenters. The Morgan fingerprint density at radius 3 is 2.54 bits per heavy atom. The Morgan fingerprint density at radius 1 is 1.08 bits per heavy atom. The standard InChI is InChI=1S/C19H23NO3S/c1-16-8-5-6-9-17(16)15-24(21,22)20-13-7-12-19(14-20)23-18-10-3-2-4-11-18/h2-6,8-11,19H,7,12-15H2,1H3. The van der Waals surface area contributed by atoms with Gasteiger partial charge in [0.2, 0.25) is 10.0 Å². The number of aryl methyl sites for hydroxylation is 1. The van der Waals surface area contributed by atoms with Gasteiger partial charge in [-0.1, -0.05) is 42.5 Å². The molecule has 0 amide bonds. The second kappa shape index (κ2) is 7.36. The molecule has 0 spiro atoms. The Bertz CT molecular complexity index is 774. The van der Waals surface area contributed by atoms with Crippen molar-refractivity contribution in [2.45, 2.75) is 31.6 Å². The lowest BCUT2D eigenvalue weighted by Gasteiger charge is -2.32. The van der Waals surface area contributed by atoms with Gasteiger partial charge in [-0.05, 0) is 43.0 Å². The molecule has 2 aromatic carbocycles. The van der Waals surface area contributed by atoms with Crippen LogP contribution in [0, 0.1) is 6.92 Å². The number of sulfonamides is 1. The lowest BCUT2D eigenvalue weighted by molar-refractivity contribution is 0.129. The van der Waals surface area contributed by atoms with Crippen molar-refractivity contribution in [3.05, 3.63) is 65.7 Å². The van der Waals surface area contributed by atoms with E-state index in [1.807, 2.05) is 61.5 Å². The van der Waals surface area contributed by atoms with Crippen molar-refractivity contribution in [1.29, 1.82) is 0 Å². The average Bonchev–Trinajstić information content (AvgIpc) is 2.58. The molecule has 1 aliphatic rings. The summed E-state index contributed by atoms with van der Waals surface area (Å²) in [5.41, 5.74) is 1.87. The van der Waals surface area contributed by atoms with Crippen LogP contribution in [0.25, 0.3) is 0 Å². The van der Waals surface area contributed by atoms with E-state index in [9.17, 15) is 8.42 Å². The summed E-state index contributed by atoms with van der Waals surface area (Å²) in [7, 11) is -3.33. The lowest BCUT2D eigenvalue weighted by atomic mass is 10.1. The van der Waals surface area contributed by atoms with Crippen molar-refractivity contribution in [3.63, 3.8) is 0 Å². The molecule has 2 aromatic rings. The van der Waals surface area contributed by atoms with Gasteiger partial charge in [-0.3, -0.25) is 0 Å². The molecule has 0 saturated carbocycles. The molecule has 0 radical (unpaired) electrons. The predicted molar refractivity (Wildman–Crippen MR) is 95.5 cm³/mol. The normalized spacial score (nSPS) is 19.1. The highest BCUT2D eigenvalue weighted by Gasteiger charge is 2.30. The number of ether oxygens (including phenoxy) is 1. The van der Waals surface area contributed by atoms with Crippen LogP contribution in [-0.4, -0.2) is 31.9 Å². The molecule has 5 heteroatoms. The van der Waals surface area contributed by atoms with Crippen LogP contribution in [0.5, 0.6) is 5.75 Å². The molecule has 1 aliphatic heterocycles. The number of nitrogens with zero attached hydrogens (tertiary/aromatic N) is 1. The minimum atomic E-state index is -3.33. The second-order valence-electron chi connectivity index (χ2n) is 6.24. The maximum atomic E-state index is 12.8. The lowest BCUT2D eigenvalue weighted by Crippen LogP contribution is -2.44. The third-order valence-corrected chi connectivity index (χ3v) is 6.17. The SMILES string of the molecule is Cc1ccccc1CS(=O)(=O)N1CCCC(Oc2ccccc2)C1. The van der Waals surface area contributed by atoms with E-state index in [0.29, 0.717) is 13.1 Å². The quantitative estimate of drug-likeness (QED) is 0.835. The molecule has 1 heterocycles. The molecule has 0 bridgehead atoms. The Labute approximate surface area is 144 Å². The maximum absolute atomic E-state index is 12.8. The molecule has 0 aromatic heterocycles. The summed E-state index contributed by atoms with van der Waals surface area (Å²) >= 11 is 0. The van der Waals surface area contributed by atoms with E-state index in [0.717, 1.165) is 29.7 Å². The van der Waals surface area contributed by atoms with E-state index in [4.69, 9.17) is 4.74 Å². The molecule has 1 unspecified atom stereocenters. The highest BCUT2D eigenvalue weighted by atomic mass is 32.2. The van der Waals surface area contributed by atoms with Crippen LogP contribution in [0.2, 0.25) is 0 Å². The fourth-order valence-corrected chi connectivity index (χ4v) is 4.71. The Balaban J connectivity index is 1.68. The minimum absolute atomic E-state index is 0.0533. The van der Waals surface area contributed by atoms with Gasteiger partial charge in [0, 0.05) is 6.54 Å². The summed E-state index contributed by atoms with van der Waals surface area (Å²) in [6.45, 7) is 2.94. The summed E-state index contributed by atoms with van der Waals surface area (Å²) in [4.78, 5) is 0. The zero-order valence-corrected chi connectivity index (χ0v) is 14.7. The molecule has 128 valence electrons. The summed E-state index contributed by atoms with van der Waals surface area (Å²) in [6, 6.07) is 17.2. The van der Waals surface area contributed by atoms with Crippen LogP contribution in [-0.2, 0) is 15.8 Å². The van der Waals surface area contributed by atoms with Crippen LogP contribution in [0.15, 0.2) is 54.6 Å².